The summed E-state index contributed by atoms with van der Waals surface area (Å²) in [5.74, 6) is 0. The Balaban J connectivity index is 1.62. The monoisotopic (exact) mass is 360 g/mol. The van der Waals surface area contributed by atoms with E-state index in [2.05, 4.69) is 15.4 Å². The number of hydrogen-bond donors (Lipinski definition) is 1. The van der Waals surface area contributed by atoms with E-state index >= 15 is 0 Å². The largest absolute Gasteiger partial charge is 0.315 e. The topological polar surface area (TPSA) is 77.1 Å². The molecular formula is C20H20N6O. The van der Waals surface area contributed by atoms with E-state index in [4.69, 9.17) is 4.98 Å². The third kappa shape index (κ3) is 2.62. The van der Waals surface area contributed by atoms with E-state index in [9.17, 15) is 4.79 Å². The average molecular weight is 360 g/mol. The molecule has 4 aromatic heterocycles. The molecule has 0 spiro atoms. The van der Waals surface area contributed by atoms with E-state index < -0.39 is 0 Å². The maximum absolute atomic E-state index is 12.9. The first-order valence-electron chi connectivity index (χ1n) is 9.17. The number of hydrogen-bond acceptors (Lipinski definition) is 5. The van der Waals surface area contributed by atoms with Gasteiger partial charge in [0.25, 0.3) is 5.56 Å². The Morgan fingerprint density at radius 3 is 2.85 bits per heavy atom. The number of fused-ring (bicyclic) bond motifs is 2. The second-order valence-electron chi connectivity index (χ2n) is 7.17. The van der Waals surface area contributed by atoms with Crippen LogP contribution in [0.5, 0.6) is 0 Å². The van der Waals surface area contributed by atoms with Crippen molar-refractivity contribution < 1.29 is 0 Å². The van der Waals surface area contributed by atoms with Crippen molar-refractivity contribution in [1.82, 2.24) is 29.5 Å². The molecule has 7 nitrogen and oxygen atoms in total. The van der Waals surface area contributed by atoms with Gasteiger partial charge in [-0.25, -0.2) is 14.5 Å². The van der Waals surface area contributed by atoms with Crippen molar-refractivity contribution in [1.29, 1.82) is 0 Å². The van der Waals surface area contributed by atoms with Crippen LogP contribution in [-0.2, 0) is 0 Å². The molecule has 0 amide bonds. The van der Waals surface area contributed by atoms with Crippen molar-refractivity contribution in [3.63, 3.8) is 0 Å². The molecule has 5 rings (SSSR count). The van der Waals surface area contributed by atoms with Gasteiger partial charge in [0.1, 0.15) is 5.69 Å². The van der Waals surface area contributed by atoms with Gasteiger partial charge in [-0.15, -0.1) is 0 Å². The zero-order valence-corrected chi connectivity index (χ0v) is 15.3. The van der Waals surface area contributed by atoms with Crippen molar-refractivity contribution in [2.75, 3.05) is 13.1 Å². The van der Waals surface area contributed by atoms with Gasteiger partial charge in [0.15, 0.2) is 5.65 Å². The Bertz CT molecular complexity index is 1230. The normalized spacial score (nSPS) is 17.2. The number of imidazole rings is 1. The lowest BCUT2D eigenvalue weighted by molar-refractivity contribution is 0.532. The van der Waals surface area contributed by atoms with Crippen LogP contribution in [0.4, 0.5) is 0 Å². The molecule has 1 unspecified atom stereocenters. The highest BCUT2D eigenvalue weighted by Gasteiger charge is 2.18. The van der Waals surface area contributed by atoms with Crippen LogP contribution < -0.4 is 10.9 Å². The molecule has 1 aliphatic heterocycles. The molecule has 0 aromatic carbocycles. The summed E-state index contributed by atoms with van der Waals surface area (Å²) in [6, 6.07) is 7.86. The molecule has 1 fully saturated rings. The molecule has 0 aliphatic carbocycles. The number of nitrogens with one attached hydrogen (secondary N) is 1. The minimum Gasteiger partial charge on any atom is -0.315 e. The van der Waals surface area contributed by atoms with E-state index in [-0.39, 0.29) is 11.6 Å². The third-order valence-corrected chi connectivity index (χ3v) is 5.20. The highest BCUT2D eigenvalue weighted by atomic mass is 16.1. The Kier molecular flexibility index (Phi) is 3.58. The maximum Gasteiger partial charge on any atom is 0.260 e. The summed E-state index contributed by atoms with van der Waals surface area (Å²) in [5, 5.41) is 8.59. The van der Waals surface area contributed by atoms with E-state index in [1.165, 1.54) is 0 Å². The fourth-order valence-electron chi connectivity index (χ4n) is 3.82. The Labute approximate surface area is 155 Å². The standard InChI is InChI=1S/C20H20N6O/c1-12-9-18(24-26-11-13(2)22-19(12)26)17-4-3-15-16(23-17)6-8-25(20(15)27)14-5-7-21-10-14/h3-4,6,8-9,11,14,21H,5,7,10H2,1-2H3. The molecule has 0 bridgehead atoms. The van der Waals surface area contributed by atoms with Crippen LogP contribution in [0.1, 0.15) is 23.7 Å². The van der Waals surface area contributed by atoms with Gasteiger partial charge in [-0.05, 0) is 56.6 Å². The van der Waals surface area contributed by atoms with Gasteiger partial charge in [0, 0.05) is 12.7 Å². The number of aromatic nitrogens is 5. The lowest BCUT2D eigenvalue weighted by Crippen LogP contribution is -2.25. The van der Waals surface area contributed by atoms with Crippen molar-refractivity contribution in [2.45, 2.75) is 26.3 Å². The summed E-state index contributed by atoms with van der Waals surface area (Å²) < 4.78 is 3.61. The van der Waals surface area contributed by atoms with Crippen LogP contribution in [0, 0.1) is 13.8 Å². The molecule has 1 atom stereocenters. The van der Waals surface area contributed by atoms with Crippen LogP contribution in [-0.4, -0.2) is 37.2 Å². The molecule has 136 valence electrons. The Morgan fingerprint density at radius 1 is 1.15 bits per heavy atom. The second-order valence-corrected chi connectivity index (χ2v) is 7.17. The average Bonchev–Trinajstić information content (AvgIpc) is 3.31. The van der Waals surface area contributed by atoms with Gasteiger partial charge in [-0.1, -0.05) is 0 Å². The van der Waals surface area contributed by atoms with E-state index in [1.54, 1.807) is 4.52 Å². The summed E-state index contributed by atoms with van der Waals surface area (Å²) in [6.07, 6.45) is 4.74. The smallest absolute Gasteiger partial charge is 0.260 e. The van der Waals surface area contributed by atoms with Crippen LogP contribution in [0.3, 0.4) is 0 Å². The maximum atomic E-state index is 12.9. The molecule has 0 radical (unpaired) electrons. The molecule has 5 heterocycles. The van der Waals surface area contributed by atoms with E-state index in [0.717, 1.165) is 47.8 Å². The van der Waals surface area contributed by atoms with Gasteiger partial charge in [-0.3, -0.25) is 4.79 Å². The molecule has 1 saturated heterocycles. The van der Waals surface area contributed by atoms with Crippen LogP contribution in [0.15, 0.2) is 41.5 Å². The highest BCUT2D eigenvalue weighted by molar-refractivity contribution is 5.80. The first kappa shape index (κ1) is 16.1. The molecule has 7 heteroatoms. The van der Waals surface area contributed by atoms with Crippen LogP contribution >= 0.6 is 0 Å². The number of rotatable bonds is 2. The predicted molar refractivity (Wildman–Crippen MR) is 104 cm³/mol. The van der Waals surface area contributed by atoms with E-state index in [0.29, 0.717) is 10.9 Å². The summed E-state index contributed by atoms with van der Waals surface area (Å²) >= 11 is 0. The van der Waals surface area contributed by atoms with Gasteiger partial charge >= 0.3 is 0 Å². The molecule has 4 aromatic rings. The first-order chi connectivity index (χ1) is 13.1. The van der Waals surface area contributed by atoms with Crippen molar-refractivity contribution in [3.05, 3.63) is 58.3 Å². The SMILES string of the molecule is Cc1cn2nc(-c3ccc4c(=O)n(C5CCNC5)ccc4n3)cc(C)c2n1. The fourth-order valence-corrected chi connectivity index (χ4v) is 3.82. The van der Waals surface area contributed by atoms with Gasteiger partial charge in [-0.2, -0.15) is 5.10 Å². The van der Waals surface area contributed by atoms with Gasteiger partial charge in [0.05, 0.1) is 34.5 Å². The predicted octanol–water partition coefficient (Wildman–Crippen LogP) is 2.26. The summed E-state index contributed by atoms with van der Waals surface area (Å²) in [6.45, 7) is 5.76. The molecule has 1 N–H and O–H groups in total. The quantitative estimate of drug-likeness (QED) is 0.593. The Hall–Kier alpha value is -3.06. The van der Waals surface area contributed by atoms with E-state index in [1.807, 2.05) is 55.1 Å². The minimum absolute atomic E-state index is 0.0186. The molecule has 1 aliphatic rings. The summed E-state index contributed by atoms with van der Waals surface area (Å²) in [5.41, 5.74) is 5.05. The summed E-state index contributed by atoms with van der Waals surface area (Å²) in [4.78, 5) is 22.1. The lowest BCUT2D eigenvalue weighted by Gasteiger charge is -2.13. The highest BCUT2D eigenvalue weighted by Crippen LogP contribution is 2.21. The molecular weight excluding hydrogens is 340 g/mol. The number of aryl methyl sites for hydroxylation is 2. The fraction of sp³-hybridized carbons (Fsp3) is 0.300. The third-order valence-electron chi connectivity index (χ3n) is 5.20. The zero-order chi connectivity index (χ0) is 18.5. The van der Waals surface area contributed by atoms with Gasteiger partial charge < -0.3 is 9.88 Å². The van der Waals surface area contributed by atoms with Crippen molar-refractivity contribution in [2.24, 2.45) is 0 Å². The first-order valence-corrected chi connectivity index (χ1v) is 9.17. The van der Waals surface area contributed by atoms with Crippen molar-refractivity contribution >= 4 is 16.6 Å². The minimum atomic E-state index is 0.0186. The zero-order valence-electron chi connectivity index (χ0n) is 15.3. The number of nitrogens with zero attached hydrogens (tertiary/aromatic N) is 5. The van der Waals surface area contributed by atoms with Gasteiger partial charge in [0.2, 0.25) is 0 Å². The molecule has 27 heavy (non-hydrogen) atoms. The van der Waals surface area contributed by atoms with Crippen LogP contribution in [0.2, 0.25) is 0 Å². The van der Waals surface area contributed by atoms with Crippen molar-refractivity contribution in [3.8, 4) is 11.4 Å². The lowest BCUT2D eigenvalue weighted by atomic mass is 10.1. The summed E-state index contributed by atoms with van der Waals surface area (Å²) in [7, 11) is 0. The molecule has 0 saturated carbocycles. The second kappa shape index (κ2) is 5.99. The van der Waals surface area contributed by atoms with Crippen LogP contribution in [0.25, 0.3) is 27.9 Å². The number of pyridine rings is 2. The Morgan fingerprint density at radius 2 is 2.04 bits per heavy atom.